The largest absolute Gasteiger partial charge is 0.508 e. The van der Waals surface area contributed by atoms with E-state index < -0.39 is 0 Å². The first-order chi connectivity index (χ1) is 12.6. The first-order valence-corrected chi connectivity index (χ1v) is 9.52. The van der Waals surface area contributed by atoms with Gasteiger partial charge in [-0.3, -0.25) is 0 Å². The number of ether oxygens (including phenoxy) is 1. The number of hydrogen-bond acceptors (Lipinski definition) is 4. The number of thioether (sulfide) groups is 1. The van der Waals surface area contributed by atoms with E-state index in [9.17, 15) is 5.11 Å². The first-order valence-electron chi connectivity index (χ1n) is 8.47. The molecule has 0 aliphatic carbocycles. The molecule has 3 aromatic rings. The third-order valence-corrected chi connectivity index (χ3v) is 5.74. The minimum absolute atomic E-state index is 0.0467. The second-order valence-corrected chi connectivity index (χ2v) is 7.30. The fraction of sp³-hybridized carbons (Fsp3) is 0.182. The van der Waals surface area contributed by atoms with Crippen molar-refractivity contribution in [3.63, 3.8) is 0 Å². The molecule has 0 saturated heterocycles. The number of phenolic OH excluding ortho intramolecular Hbond substituents is 1. The number of methoxy groups -OCH3 is 1. The van der Waals surface area contributed by atoms with Gasteiger partial charge in [-0.25, -0.2) is 0 Å². The van der Waals surface area contributed by atoms with Crippen LogP contribution < -0.4 is 10.5 Å². The van der Waals surface area contributed by atoms with Crippen LogP contribution >= 0.6 is 11.8 Å². The maximum atomic E-state index is 9.97. The fourth-order valence-electron chi connectivity index (χ4n) is 2.92. The first kappa shape index (κ1) is 18.2. The molecule has 3 rings (SSSR count). The van der Waals surface area contributed by atoms with Gasteiger partial charge in [0.05, 0.1) is 12.4 Å². The molecule has 0 aliphatic heterocycles. The third-order valence-electron chi connectivity index (χ3n) is 4.40. The van der Waals surface area contributed by atoms with Crippen molar-refractivity contribution in [2.45, 2.75) is 17.9 Å². The average molecular weight is 365 g/mol. The summed E-state index contributed by atoms with van der Waals surface area (Å²) in [6.45, 7) is 2.11. The van der Waals surface area contributed by atoms with Crippen molar-refractivity contribution in [2.75, 3.05) is 12.8 Å². The van der Waals surface area contributed by atoms with Crippen molar-refractivity contribution in [3.8, 4) is 11.5 Å². The van der Waals surface area contributed by atoms with Gasteiger partial charge in [0.2, 0.25) is 0 Å². The van der Waals surface area contributed by atoms with E-state index in [0.717, 1.165) is 17.1 Å². The normalized spacial score (nSPS) is 11.9. The topological polar surface area (TPSA) is 55.5 Å². The fourth-order valence-corrected chi connectivity index (χ4v) is 4.30. The Bertz CT molecular complexity index is 878. The summed E-state index contributed by atoms with van der Waals surface area (Å²) in [7, 11) is 1.67. The lowest BCUT2D eigenvalue weighted by atomic mass is 9.98. The lowest BCUT2D eigenvalue weighted by molar-refractivity contribution is 0.414. The van der Waals surface area contributed by atoms with Crippen molar-refractivity contribution in [1.29, 1.82) is 0 Å². The molecule has 3 nitrogen and oxygen atoms in total. The van der Waals surface area contributed by atoms with Crippen LogP contribution in [0.15, 0.2) is 66.7 Å². The van der Waals surface area contributed by atoms with Gasteiger partial charge in [0.1, 0.15) is 11.5 Å². The molecule has 1 atom stereocenters. The van der Waals surface area contributed by atoms with Gasteiger partial charge in [0, 0.05) is 11.4 Å². The Morgan fingerprint density at radius 2 is 1.73 bits per heavy atom. The number of nitrogen functional groups attached to an aromatic ring is 1. The number of hydrogen-bond donors (Lipinski definition) is 2. The Morgan fingerprint density at radius 1 is 1.00 bits per heavy atom. The monoisotopic (exact) mass is 365 g/mol. The number of aryl methyl sites for hydroxylation is 1. The summed E-state index contributed by atoms with van der Waals surface area (Å²) in [4.78, 5) is 0. The van der Waals surface area contributed by atoms with E-state index in [0.29, 0.717) is 5.69 Å². The molecule has 0 heterocycles. The van der Waals surface area contributed by atoms with Crippen LogP contribution in [0.2, 0.25) is 0 Å². The molecule has 0 spiro atoms. The highest BCUT2D eigenvalue weighted by atomic mass is 32.2. The molecule has 26 heavy (non-hydrogen) atoms. The maximum absolute atomic E-state index is 9.97. The number of phenols is 1. The van der Waals surface area contributed by atoms with Crippen LogP contribution in [0, 0.1) is 6.92 Å². The van der Waals surface area contributed by atoms with E-state index in [1.54, 1.807) is 37.1 Å². The van der Waals surface area contributed by atoms with Crippen molar-refractivity contribution >= 4 is 17.4 Å². The molecule has 0 saturated carbocycles. The lowest BCUT2D eigenvalue weighted by Crippen LogP contribution is -2.04. The van der Waals surface area contributed by atoms with Crippen LogP contribution in [0.1, 0.15) is 27.5 Å². The van der Waals surface area contributed by atoms with E-state index in [-0.39, 0.29) is 11.0 Å². The Labute approximate surface area is 158 Å². The molecule has 0 radical (unpaired) electrons. The maximum Gasteiger partial charge on any atom is 0.118 e. The van der Waals surface area contributed by atoms with Crippen LogP contribution in [-0.2, 0) is 5.75 Å². The molecule has 3 aromatic carbocycles. The quantitative estimate of drug-likeness (QED) is 0.459. The second kappa shape index (κ2) is 8.19. The van der Waals surface area contributed by atoms with E-state index in [1.165, 1.54) is 16.7 Å². The molecule has 134 valence electrons. The minimum atomic E-state index is 0.0467. The van der Waals surface area contributed by atoms with E-state index in [4.69, 9.17) is 10.5 Å². The summed E-state index contributed by atoms with van der Waals surface area (Å²) in [6, 6.07) is 21.6. The predicted octanol–water partition coefficient (Wildman–Crippen LogP) is 5.31. The molecule has 0 aromatic heterocycles. The summed E-state index contributed by atoms with van der Waals surface area (Å²) in [5.74, 6) is 1.92. The van der Waals surface area contributed by atoms with E-state index in [1.807, 2.05) is 24.3 Å². The molecule has 1 unspecified atom stereocenters. The van der Waals surface area contributed by atoms with Crippen LogP contribution in [0.3, 0.4) is 0 Å². The van der Waals surface area contributed by atoms with Gasteiger partial charge in [0.15, 0.2) is 0 Å². The second-order valence-electron chi connectivity index (χ2n) is 6.21. The standard InChI is InChI=1S/C22H23NO2S/c1-15-5-3-4-6-19(15)22(20-13-17(24)9-12-21(20)23)26-14-16-7-10-18(25-2)11-8-16/h3-13,22,24H,14,23H2,1-2H3. The van der Waals surface area contributed by atoms with Gasteiger partial charge in [-0.15, -0.1) is 11.8 Å². The Hall–Kier alpha value is -2.59. The molecular weight excluding hydrogens is 342 g/mol. The molecular formula is C22H23NO2S. The summed E-state index contributed by atoms with van der Waals surface area (Å²) >= 11 is 1.80. The number of aromatic hydroxyl groups is 1. The zero-order valence-electron chi connectivity index (χ0n) is 15.0. The summed E-state index contributed by atoms with van der Waals surface area (Å²) in [5.41, 5.74) is 11.5. The average Bonchev–Trinajstić information content (AvgIpc) is 2.66. The van der Waals surface area contributed by atoms with Gasteiger partial charge in [-0.05, 0) is 59.5 Å². The zero-order chi connectivity index (χ0) is 18.5. The van der Waals surface area contributed by atoms with Crippen molar-refractivity contribution in [2.24, 2.45) is 0 Å². The van der Waals surface area contributed by atoms with Gasteiger partial charge in [-0.1, -0.05) is 36.4 Å². The summed E-state index contributed by atoms with van der Waals surface area (Å²) in [5, 5.41) is 10.0. The Morgan fingerprint density at radius 3 is 2.42 bits per heavy atom. The van der Waals surface area contributed by atoms with Gasteiger partial charge in [-0.2, -0.15) is 0 Å². The smallest absolute Gasteiger partial charge is 0.118 e. The van der Waals surface area contributed by atoms with Crippen LogP contribution in [-0.4, -0.2) is 12.2 Å². The number of anilines is 1. The number of nitrogens with two attached hydrogens (primary N) is 1. The zero-order valence-corrected chi connectivity index (χ0v) is 15.8. The van der Waals surface area contributed by atoms with Gasteiger partial charge in [0.25, 0.3) is 0 Å². The highest BCUT2D eigenvalue weighted by Gasteiger charge is 2.20. The van der Waals surface area contributed by atoms with E-state index >= 15 is 0 Å². The van der Waals surface area contributed by atoms with Gasteiger partial charge >= 0.3 is 0 Å². The van der Waals surface area contributed by atoms with Crippen LogP contribution in [0.4, 0.5) is 5.69 Å². The molecule has 0 aliphatic rings. The summed E-state index contributed by atoms with van der Waals surface area (Å²) in [6.07, 6.45) is 0. The SMILES string of the molecule is COc1ccc(CSC(c2ccccc2C)c2cc(O)ccc2N)cc1. The lowest BCUT2D eigenvalue weighted by Gasteiger charge is -2.21. The molecule has 4 heteroatoms. The Balaban J connectivity index is 1.92. The minimum Gasteiger partial charge on any atom is -0.508 e. The molecule has 0 amide bonds. The Kier molecular flexibility index (Phi) is 5.74. The number of rotatable bonds is 6. The highest BCUT2D eigenvalue weighted by molar-refractivity contribution is 7.99. The highest BCUT2D eigenvalue weighted by Crippen LogP contribution is 2.42. The third kappa shape index (κ3) is 4.14. The van der Waals surface area contributed by atoms with Crippen LogP contribution in [0.5, 0.6) is 11.5 Å². The molecule has 0 bridgehead atoms. The van der Waals surface area contributed by atoms with E-state index in [2.05, 4.69) is 31.2 Å². The molecule has 0 fully saturated rings. The predicted molar refractivity (Wildman–Crippen MR) is 110 cm³/mol. The molecule has 3 N–H and O–H groups in total. The van der Waals surface area contributed by atoms with Crippen molar-refractivity contribution in [3.05, 3.63) is 89.0 Å². The van der Waals surface area contributed by atoms with Gasteiger partial charge < -0.3 is 15.6 Å². The van der Waals surface area contributed by atoms with Crippen LogP contribution in [0.25, 0.3) is 0 Å². The number of benzene rings is 3. The van der Waals surface area contributed by atoms with Crippen molar-refractivity contribution < 1.29 is 9.84 Å². The van der Waals surface area contributed by atoms with Crippen molar-refractivity contribution in [1.82, 2.24) is 0 Å². The summed E-state index contributed by atoms with van der Waals surface area (Å²) < 4.78 is 5.23.